The topological polar surface area (TPSA) is 145 Å². The maximum atomic E-state index is 11.4. The Balaban J connectivity index is 0.000000260. The molecule has 10 nitrogen and oxygen atoms in total. The number of ether oxygens (including phenoxy) is 2. The second-order valence-corrected chi connectivity index (χ2v) is 11.8. The number of carbonyl (C=O) groups is 2. The Kier molecular flexibility index (Phi) is 15.6. The molecule has 244 valence electrons. The zero-order chi connectivity index (χ0) is 34.4. The zero-order valence-corrected chi connectivity index (χ0v) is 29.2. The van der Waals surface area contributed by atoms with E-state index in [1.165, 1.54) is 31.5 Å². The summed E-state index contributed by atoms with van der Waals surface area (Å²) in [6.07, 6.45) is 14.6. The Morgan fingerprint density at radius 2 is 1.11 bits per heavy atom. The van der Waals surface area contributed by atoms with Gasteiger partial charge in [-0.1, -0.05) is 35.8 Å². The van der Waals surface area contributed by atoms with E-state index >= 15 is 0 Å². The summed E-state index contributed by atoms with van der Waals surface area (Å²) in [4.78, 5) is 38.9. The van der Waals surface area contributed by atoms with Crippen molar-refractivity contribution in [3.05, 3.63) is 99.6 Å². The monoisotopic (exact) mass is 692 g/mol. The minimum absolute atomic E-state index is 0.0707. The molecule has 0 aliphatic rings. The summed E-state index contributed by atoms with van der Waals surface area (Å²) in [7, 11) is 1.20. The molecule has 46 heavy (non-hydrogen) atoms. The lowest BCUT2D eigenvalue weighted by Gasteiger charge is -2.13. The van der Waals surface area contributed by atoms with Crippen LogP contribution in [0.15, 0.2) is 66.2 Å². The van der Waals surface area contributed by atoms with Crippen LogP contribution in [0.25, 0.3) is 11.1 Å². The van der Waals surface area contributed by atoms with Crippen LogP contribution in [0.4, 0.5) is 0 Å². The molecule has 0 aliphatic carbocycles. The van der Waals surface area contributed by atoms with Crippen LogP contribution in [0.2, 0.25) is 0 Å². The van der Waals surface area contributed by atoms with Gasteiger partial charge in [-0.15, -0.1) is 0 Å². The highest BCUT2D eigenvalue weighted by molar-refractivity contribution is 9.10. The van der Waals surface area contributed by atoms with Crippen molar-refractivity contribution >= 4 is 40.4 Å². The molecule has 0 saturated carbocycles. The van der Waals surface area contributed by atoms with Crippen LogP contribution >= 0.6 is 15.9 Å². The van der Waals surface area contributed by atoms with Crippen LogP contribution in [-0.2, 0) is 19.1 Å². The first kappa shape index (κ1) is 38.2. The fraction of sp³-hybridized carbons (Fsp3) is 0.353. The molecule has 4 aromatic heterocycles. The number of carbonyl (C=O) groups excluding carboxylic acids is 2. The minimum Gasteiger partial charge on any atom is -0.469 e. The summed E-state index contributed by atoms with van der Waals surface area (Å²) in [5.41, 5.74) is 8.96. The van der Waals surface area contributed by atoms with E-state index in [0.29, 0.717) is 11.9 Å². The van der Waals surface area contributed by atoms with E-state index < -0.39 is 7.12 Å². The molecule has 0 aliphatic heterocycles. The van der Waals surface area contributed by atoms with Crippen molar-refractivity contribution < 1.29 is 29.1 Å². The third kappa shape index (κ3) is 11.7. The molecule has 0 saturated heterocycles. The van der Waals surface area contributed by atoms with Crippen LogP contribution in [0.1, 0.15) is 71.9 Å². The lowest BCUT2D eigenvalue weighted by molar-refractivity contribution is -0.141. The molecule has 0 radical (unpaired) electrons. The Hall–Kier alpha value is -4.00. The second kappa shape index (κ2) is 18.8. The first-order valence-electron chi connectivity index (χ1n) is 14.7. The summed E-state index contributed by atoms with van der Waals surface area (Å²) < 4.78 is 10.5. The van der Waals surface area contributed by atoms with Crippen LogP contribution in [0.5, 0.6) is 0 Å². The van der Waals surface area contributed by atoms with Gasteiger partial charge in [0.1, 0.15) is 0 Å². The molecule has 2 atom stereocenters. The maximum Gasteiger partial charge on any atom is 0.490 e. The van der Waals surface area contributed by atoms with Crippen molar-refractivity contribution in [2.75, 3.05) is 14.2 Å². The highest BCUT2D eigenvalue weighted by atomic mass is 79.9. The van der Waals surface area contributed by atoms with Gasteiger partial charge in [-0.2, -0.15) is 0 Å². The Morgan fingerprint density at radius 1 is 0.696 bits per heavy atom. The van der Waals surface area contributed by atoms with E-state index in [1.807, 2.05) is 78.7 Å². The number of esters is 2. The van der Waals surface area contributed by atoms with Gasteiger partial charge >= 0.3 is 19.1 Å². The fourth-order valence-electron chi connectivity index (χ4n) is 4.49. The first-order chi connectivity index (χ1) is 21.8. The predicted molar refractivity (Wildman–Crippen MR) is 183 cm³/mol. The molecule has 4 rings (SSSR count). The number of nitrogens with zero attached hydrogens (tertiary/aromatic N) is 4. The molecule has 4 heterocycles. The van der Waals surface area contributed by atoms with Gasteiger partial charge in [-0.05, 0) is 84.5 Å². The summed E-state index contributed by atoms with van der Waals surface area (Å²) in [5.74, 6) is -0.502. The van der Waals surface area contributed by atoms with Gasteiger partial charge in [-0.25, -0.2) is 0 Å². The molecular weight excluding hydrogens is 651 g/mol. The molecule has 0 amide bonds. The van der Waals surface area contributed by atoms with Crippen LogP contribution in [0, 0.1) is 27.7 Å². The highest BCUT2D eigenvalue weighted by Crippen LogP contribution is 2.29. The third-order valence-corrected chi connectivity index (χ3v) is 8.47. The number of halogens is 1. The quantitative estimate of drug-likeness (QED) is 0.184. The number of methoxy groups -OCH3 is 2. The summed E-state index contributed by atoms with van der Waals surface area (Å²) in [6.45, 7) is 12.0. The van der Waals surface area contributed by atoms with Gasteiger partial charge in [0.2, 0.25) is 0 Å². The van der Waals surface area contributed by atoms with Crippen molar-refractivity contribution in [1.29, 1.82) is 0 Å². The first-order valence-corrected chi connectivity index (χ1v) is 15.5. The second-order valence-electron chi connectivity index (χ2n) is 11.0. The van der Waals surface area contributed by atoms with Crippen molar-refractivity contribution in [2.24, 2.45) is 0 Å². The lowest BCUT2D eigenvalue weighted by Crippen LogP contribution is -2.30. The zero-order valence-electron chi connectivity index (χ0n) is 27.6. The van der Waals surface area contributed by atoms with Crippen LogP contribution in [-0.4, -0.2) is 63.3 Å². The fourth-order valence-corrected chi connectivity index (χ4v) is 4.70. The molecule has 0 spiro atoms. The van der Waals surface area contributed by atoms with Crippen molar-refractivity contribution in [3.8, 4) is 11.1 Å². The van der Waals surface area contributed by atoms with Crippen molar-refractivity contribution in [2.45, 2.75) is 66.2 Å². The summed E-state index contributed by atoms with van der Waals surface area (Å²) in [6, 6.07) is 3.71. The molecule has 4 aromatic rings. The number of pyridine rings is 4. The van der Waals surface area contributed by atoms with E-state index in [2.05, 4.69) is 46.7 Å². The maximum absolute atomic E-state index is 11.4. The standard InChI is InChI=1S/C17H20N2O2.C10H14BNO4.C7H8BrN/c1-11(5-16(20)21-4)14-6-15(10-19-9-14)17-12(2)7-18-8-13(17)3;1-7(3-10(13)16-2)8-4-9(11(14)15)6-12-5-8;1-5-3-9-4-6(2)7(5)8/h6-11H,5H2,1-4H3;4-7,14-15H,3H2,1-2H3;3-4H,1-2H3/t11-;7-;/m00./s1. The Labute approximate surface area is 280 Å². The van der Waals surface area contributed by atoms with Gasteiger partial charge in [0.25, 0.3) is 0 Å². The highest BCUT2D eigenvalue weighted by Gasteiger charge is 2.17. The van der Waals surface area contributed by atoms with E-state index in [-0.39, 0.29) is 30.2 Å². The predicted octanol–water partition coefficient (Wildman–Crippen LogP) is 5.32. The van der Waals surface area contributed by atoms with Gasteiger partial charge < -0.3 is 19.5 Å². The molecule has 0 unspecified atom stereocenters. The van der Waals surface area contributed by atoms with Gasteiger partial charge in [0, 0.05) is 65.1 Å². The van der Waals surface area contributed by atoms with Gasteiger partial charge in [-0.3, -0.25) is 29.5 Å². The van der Waals surface area contributed by atoms with Crippen LogP contribution in [0.3, 0.4) is 0 Å². The average Bonchev–Trinajstić information content (AvgIpc) is 3.04. The number of rotatable bonds is 8. The lowest BCUT2D eigenvalue weighted by atomic mass is 9.80. The number of aromatic nitrogens is 4. The van der Waals surface area contributed by atoms with Gasteiger partial charge in [0.05, 0.1) is 27.1 Å². The number of hydrogen-bond acceptors (Lipinski definition) is 10. The Bertz CT molecular complexity index is 1560. The summed E-state index contributed by atoms with van der Waals surface area (Å²) in [5, 5.41) is 18.0. The molecule has 0 fully saturated rings. The van der Waals surface area contributed by atoms with Gasteiger partial charge in [0.15, 0.2) is 0 Å². The summed E-state index contributed by atoms with van der Waals surface area (Å²) >= 11 is 3.44. The smallest absolute Gasteiger partial charge is 0.469 e. The minimum atomic E-state index is -1.54. The van der Waals surface area contributed by atoms with Crippen molar-refractivity contribution in [3.63, 3.8) is 0 Å². The molecular formula is C34H42BBrN4O6. The largest absolute Gasteiger partial charge is 0.490 e. The molecule has 0 aromatic carbocycles. The van der Waals surface area contributed by atoms with E-state index in [1.54, 1.807) is 12.3 Å². The van der Waals surface area contributed by atoms with E-state index in [9.17, 15) is 9.59 Å². The Morgan fingerprint density at radius 3 is 1.54 bits per heavy atom. The van der Waals surface area contributed by atoms with Crippen LogP contribution < -0.4 is 5.46 Å². The van der Waals surface area contributed by atoms with E-state index in [4.69, 9.17) is 14.8 Å². The van der Waals surface area contributed by atoms with E-state index in [0.717, 1.165) is 37.9 Å². The molecule has 2 N–H and O–H groups in total. The number of aryl methyl sites for hydroxylation is 4. The molecule has 0 bridgehead atoms. The normalized spacial score (nSPS) is 11.5. The number of hydrogen-bond donors (Lipinski definition) is 2. The third-order valence-electron chi connectivity index (χ3n) is 7.22. The average molecular weight is 693 g/mol. The SMILES string of the molecule is COC(=O)C[C@H](C)c1cncc(-c2c(C)cncc2C)c1.COC(=O)C[C@H](C)c1cncc(B(O)O)c1.Cc1cncc(C)c1Br. The van der Waals surface area contributed by atoms with Crippen molar-refractivity contribution in [1.82, 2.24) is 19.9 Å². The molecule has 12 heteroatoms.